The third-order valence-corrected chi connectivity index (χ3v) is 8.63. The first-order valence-electron chi connectivity index (χ1n) is 14.8. The number of ketones is 1. The van der Waals surface area contributed by atoms with E-state index >= 15 is 0 Å². The lowest BCUT2D eigenvalue weighted by atomic mass is 9.91. The van der Waals surface area contributed by atoms with Crippen LogP contribution in [0.1, 0.15) is 127 Å². The quantitative estimate of drug-likeness (QED) is 0.140. The molecule has 3 nitrogen and oxygen atoms in total. The Hall–Kier alpha value is -2.33. The molecule has 0 atom stereocenters. The highest BCUT2D eigenvalue weighted by Gasteiger charge is 2.47. The smallest absolute Gasteiger partial charge is 0.227 e. The minimum atomic E-state index is -0.813. The molecule has 0 saturated carbocycles. The molecule has 0 unspecified atom stereocenters. The summed E-state index contributed by atoms with van der Waals surface area (Å²) in [4.78, 5) is 24.9. The SMILES string of the molecule is CC(=O)C1=C(O)C(C/C=C(\C)CC/C=C(\C)CCC=C(C)C)(C/C=C(\C)CC/C=C(\C)CCC=C(C)C)SC1=O. The Labute approximate surface area is 249 Å². The van der Waals surface area contributed by atoms with Crippen molar-refractivity contribution in [3.8, 4) is 0 Å². The van der Waals surface area contributed by atoms with E-state index in [9.17, 15) is 14.7 Å². The van der Waals surface area contributed by atoms with Gasteiger partial charge in [0, 0.05) is 0 Å². The molecule has 4 heteroatoms. The molecule has 0 aromatic carbocycles. The molecule has 0 radical (unpaired) electrons. The van der Waals surface area contributed by atoms with Crippen molar-refractivity contribution in [3.63, 3.8) is 0 Å². The monoisotopic (exact) mass is 566 g/mol. The number of allylic oxidation sites excluding steroid dienone is 12. The number of carbonyl (C=O) groups excluding carboxylic acids is 2. The second kappa shape index (κ2) is 18.2. The Morgan fingerprint density at radius 3 is 1.30 bits per heavy atom. The van der Waals surface area contributed by atoms with Crippen LogP contribution in [0.15, 0.2) is 81.2 Å². The number of aliphatic hydroxyl groups is 1. The van der Waals surface area contributed by atoms with Crippen molar-refractivity contribution >= 4 is 22.7 Å². The van der Waals surface area contributed by atoms with Crippen molar-refractivity contribution in [2.45, 2.75) is 131 Å². The summed E-state index contributed by atoms with van der Waals surface area (Å²) in [6.45, 7) is 18.5. The minimum Gasteiger partial charge on any atom is -0.510 e. The van der Waals surface area contributed by atoms with Gasteiger partial charge in [-0.1, -0.05) is 81.7 Å². The van der Waals surface area contributed by atoms with Gasteiger partial charge in [-0.25, -0.2) is 0 Å². The number of carbonyl (C=O) groups is 2. The first-order chi connectivity index (χ1) is 18.8. The molecule has 1 aliphatic rings. The summed E-state index contributed by atoms with van der Waals surface area (Å²) in [6.07, 6.45) is 22.7. The molecule has 1 N–H and O–H groups in total. The van der Waals surface area contributed by atoms with Crippen LogP contribution in [0, 0.1) is 0 Å². The first kappa shape index (κ1) is 35.7. The van der Waals surface area contributed by atoms with Crippen LogP contribution in [0.3, 0.4) is 0 Å². The van der Waals surface area contributed by atoms with E-state index in [4.69, 9.17) is 0 Å². The van der Waals surface area contributed by atoms with Crippen molar-refractivity contribution in [3.05, 3.63) is 81.2 Å². The molecule has 0 amide bonds. The zero-order chi connectivity index (χ0) is 30.3. The van der Waals surface area contributed by atoms with Gasteiger partial charge in [-0.2, -0.15) is 0 Å². The van der Waals surface area contributed by atoms with Crippen molar-refractivity contribution in [1.82, 2.24) is 0 Å². The number of rotatable bonds is 17. The number of hydrogen-bond acceptors (Lipinski definition) is 4. The fourth-order valence-electron chi connectivity index (χ4n) is 4.63. The zero-order valence-corrected chi connectivity index (χ0v) is 27.5. The summed E-state index contributed by atoms with van der Waals surface area (Å²) in [5.41, 5.74) is 7.96. The molecular formula is C36H54O3S. The molecule has 0 aromatic heterocycles. The van der Waals surface area contributed by atoms with E-state index in [0.717, 1.165) is 63.1 Å². The Morgan fingerprint density at radius 2 is 0.975 bits per heavy atom. The minimum absolute atomic E-state index is 0.0352. The summed E-state index contributed by atoms with van der Waals surface area (Å²) in [5, 5.41) is 10.8. The Kier molecular flexibility index (Phi) is 16.2. The fraction of sp³-hybridized carbons (Fsp3) is 0.556. The van der Waals surface area contributed by atoms with E-state index in [1.165, 1.54) is 40.4 Å². The molecule has 1 rings (SSSR count). The van der Waals surface area contributed by atoms with Gasteiger partial charge in [0.05, 0.1) is 4.75 Å². The Morgan fingerprint density at radius 1 is 0.625 bits per heavy atom. The summed E-state index contributed by atoms with van der Waals surface area (Å²) < 4.78 is -0.813. The zero-order valence-electron chi connectivity index (χ0n) is 26.7. The van der Waals surface area contributed by atoms with E-state index in [0.29, 0.717) is 12.8 Å². The molecule has 222 valence electrons. The van der Waals surface area contributed by atoms with Gasteiger partial charge >= 0.3 is 0 Å². The Bertz CT molecular complexity index is 1040. The maximum atomic E-state index is 12.7. The predicted molar refractivity (Wildman–Crippen MR) is 176 cm³/mol. The molecule has 0 aromatic rings. The van der Waals surface area contributed by atoms with E-state index in [2.05, 4.69) is 91.8 Å². The molecule has 0 bridgehead atoms. The molecule has 0 spiro atoms. The fourth-order valence-corrected chi connectivity index (χ4v) is 5.86. The van der Waals surface area contributed by atoms with Gasteiger partial charge < -0.3 is 5.11 Å². The van der Waals surface area contributed by atoms with Gasteiger partial charge in [0.2, 0.25) is 5.12 Å². The average molecular weight is 567 g/mol. The van der Waals surface area contributed by atoms with Crippen LogP contribution in [0.5, 0.6) is 0 Å². The molecule has 1 heterocycles. The summed E-state index contributed by atoms with van der Waals surface area (Å²) in [6, 6.07) is 0. The van der Waals surface area contributed by atoms with E-state index in [1.54, 1.807) is 0 Å². The highest BCUT2D eigenvalue weighted by molar-refractivity contribution is 8.16. The van der Waals surface area contributed by atoms with Gasteiger partial charge in [-0.3, -0.25) is 9.59 Å². The lowest BCUT2D eigenvalue weighted by Gasteiger charge is -2.26. The molecule has 40 heavy (non-hydrogen) atoms. The number of hydrogen-bond donors (Lipinski definition) is 1. The van der Waals surface area contributed by atoms with Gasteiger partial charge in [-0.05, 0) is 127 Å². The van der Waals surface area contributed by atoms with E-state index in [-0.39, 0.29) is 22.2 Å². The lowest BCUT2D eigenvalue weighted by molar-refractivity contribution is -0.116. The van der Waals surface area contributed by atoms with Gasteiger partial charge in [0.15, 0.2) is 5.78 Å². The van der Waals surface area contributed by atoms with Crippen LogP contribution in [-0.4, -0.2) is 20.8 Å². The average Bonchev–Trinajstić information content (AvgIpc) is 3.10. The summed E-state index contributed by atoms with van der Waals surface area (Å²) >= 11 is 1.11. The third kappa shape index (κ3) is 13.4. The second-order valence-electron chi connectivity index (χ2n) is 12.0. The highest BCUT2D eigenvalue weighted by Crippen LogP contribution is 2.48. The summed E-state index contributed by atoms with van der Waals surface area (Å²) in [5.74, 6) is -0.408. The second-order valence-corrected chi connectivity index (χ2v) is 13.3. The van der Waals surface area contributed by atoms with Crippen molar-refractivity contribution in [1.29, 1.82) is 0 Å². The standard InChI is InChI=1S/C36H54O3S/c1-26(2)14-10-16-28(5)18-12-20-30(7)22-24-36(34(38)33(32(9)37)35(39)40-36)25-23-31(8)21-13-19-29(6)17-11-15-27(3)4/h14-15,18-19,22-23,38H,10-13,16-17,20-21,24-25H2,1-9H3/b28-18+,29-19+,30-22+,31-23+. The van der Waals surface area contributed by atoms with E-state index < -0.39 is 4.75 Å². The van der Waals surface area contributed by atoms with Crippen LogP contribution >= 0.6 is 11.8 Å². The van der Waals surface area contributed by atoms with Crippen LogP contribution in [0.4, 0.5) is 0 Å². The lowest BCUT2D eigenvalue weighted by Crippen LogP contribution is -2.24. The topological polar surface area (TPSA) is 54.4 Å². The molecule has 0 saturated heterocycles. The molecule has 0 aliphatic carbocycles. The maximum Gasteiger partial charge on any atom is 0.227 e. The molecule has 0 fully saturated rings. The van der Waals surface area contributed by atoms with E-state index in [1.807, 2.05) is 0 Å². The van der Waals surface area contributed by atoms with Gasteiger partial charge in [-0.15, -0.1) is 0 Å². The predicted octanol–water partition coefficient (Wildman–Crippen LogP) is 11.0. The van der Waals surface area contributed by atoms with Crippen LogP contribution in [-0.2, 0) is 9.59 Å². The van der Waals surface area contributed by atoms with Crippen LogP contribution < -0.4 is 0 Å². The highest BCUT2D eigenvalue weighted by atomic mass is 32.2. The van der Waals surface area contributed by atoms with Gasteiger partial charge in [0.1, 0.15) is 11.3 Å². The van der Waals surface area contributed by atoms with Crippen molar-refractivity contribution in [2.75, 3.05) is 0 Å². The number of Topliss-reactive ketones (excluding diaryl/α,β-unsaturated/α-hetero) is 1. The van der Waals surface area contributed by atoms with Gasteiger partial charge in [0.25, 0.3) is 0 Å². The molecular weight excluding hydrogens is 512 g/mol. The van der Waals surface area contributed by atoms with Crippen LogP contribution in [0.2, 0.25) is 0 Å². The van der Waals surface area contributed by atoms with Crippen molar-refractivity contribution in [2.24, 2.45) is 0 Å². The first-order valence-corrected chi connectivity index (χ1v) is 15.7. The summed E-state index contributed by atoms with van der Waals surface area (Å²) in [7, 11) is 0. The third-order valence-electron chi connectivity index (χ3n) is 7.32. The van der Waals surface area contributed by atoms with Crippen LogP contribution in [0.25, 0.3) is 0 Å². The number of thioether (sulfide) groups is 1. The Balaban J connectivity index is 2.91. The van der Waals surface area contributed by atoms with Crippen molar-refractivity contribution < 1.29 is 14.7 Å². The normalized spacial score (nSPS) is 16.5. The number of aliphatic hydroxyl groups excluding tert-OH is 1. The molecule has 1 aliphatic heterocycles. The maximum absolute atomic E-state index is 12.7. The largest absolute Gasteiger partial charge is 0.510 e.